The number of carbonyl (C=O) groups is 1. The van der Waals surface area contributed by atoms with Gasteiger partial charge in [-0.2, -0.15) is 0 Å². The summed E-state index contributed by atoms with van der Waals surface area (Å²) in [4.78, 5) is 29.4. The highest BCUT2D eigenvalue weighted by Gasteiger charge is 2.30. The zero-order valence-electron chi connectivity index (χ0n) is 21.3. The van der Waals surface area contributed by atoms with Crippen LogP contribution in [0.1, 0.15) is 27.7 Å². The largest absolute Gasteiger partial charge is 0.508 e. The first-order valence-corrected chi connectivity index (χ1v) is 12.1. The van der Waals surface area contributed by atoms with Gasteiger partial charge >= 0.3 is 6.09 Å². The van der Waals surface area contributed by atoms with Crippen LogP contribution >= 0.6 is 0 Å². The predicted molar refractivity (Wildman–Crippen MR) is 140 cm³/mol. The molecule has 37 heavy (non-hydrogen) atoms. The Morgan fingerprint density at radius 1 is 1.11 bits per heavy atom. The van der Waals surface area contributed by atoms with Crippen LogP contribution in [-0.2, 0) is 4.74 Å². The molecule has 1 atom stereocenters. The van der Waals surface area contributed by atoms with Gasteiger partial charge in [0, 0.05) is 61.8 Å². The van der Waals surface area contributed by atoms with E-state index in [1.165, 1.54) is 0 Å². The molecule has 0 radical (unpaired) electrons. The van der Waals surface area contributed by atoms with Crippen LogP contribution in [0.4, 0.5) is 22.2 Å². The molecule has 0 spiro atoms. The van der Waals surface area contributed by atoms with Gasteiger partial charge < -0.3 is 25.0 Å². The Kier molecular flexibility index (Phi) is 6.28. The van der Waals surface area contributed by atoms with Crippen molar-refractivity contribution in [3.8, 4) is 11.4 Å². The van der Waals surface area contributed by atoms with Gasteiger partial charge in [0.25, 0.3) is 0 Å². The molecule has 0 unspecified atom stereocenters. The SMILES string of the molecule is C[C@H]1CN(C(=O)OC(C)(C)C)CCN1c1cc(-n2nc(Nc3cnccn3)c3ccc(O)cc32)ccn1. The van der Waals surface area contributed by atoms with Crippen molar-refractivity contribution in [2.45, 2.75) is 39.3 Å². The van der Waals surface area contributed by atoms with E-state index in [9.17, 15) is 9.90 Å². The molecule has 1 aliphatic rings. The number of benzene rings is 1. The number of nitrogens with zero attached hydrogens (tertiary/aromatic N) is 7. The third kappa shape index (κ3) is 5.25. The van der Waals surface area contributed by atoms with Crippen LogP contribution in [0.5, 0.6) is 5.75 Å². The van der Waals surface area contributed by atoms with E-state index in [0.29, 0.717) is 31.3 Å². The van der Waals surface area contributed by atoms with Crippen molar-refractivity contribution in [2.24, 2.45) is 0 Å². The zero-order chi connectivity index (χ0) is 26.2. The number of aromatic hydroxyl groups is 1. The number of anilines is 3. The van der Waals surface area contributed by atoms with Gasteiger partial charge in [0.2, 0.25) is 0 Å². The maximum atomic E-state index is 12.6. The molecule has 192 valence electrons. The average Bonchev–Trinajstić information content (AvgIpc) is 3.21. The molecule has 0 bridgehead atoms. The summed E-state index contributed by atoms with van der Waals surface area (Å²) in [6.45, 7) is 9.36. The lowest BCUT2D eigenvalue weighted by atomic mass is 10.2. The van der Waals surface area contributed by atoms with Crippen molar-refractivity contribution in [1.82, 2.24) is 29.6 Å². The molecule has 1 saturated heterocycles. The molecule has 1 amide bonds. The van der Waals surface area contributed by atoms with Gasteiger partial charge in [0.15, 0.2) is 5.82 Å². The van der Waals surface area contributed by atoms with E-state index < -0.39 is 5.60 Å². The Morgan fingerprint density at radius 2 is 1.95 bits per heavy atom. The Balaban J connectivity index is 1.43. The topological polar surface area (TPSA) is 122 Å². The molecule has 3 aromatic heterocycles. The van der Waals surface area contributed by atoms with Crippen molar-refractivity contribution in [3.05, 3.63) is 55.1 Å². The number of piperazine rings is 1. The fourth-order valence-corrected chi connectivity index (χ4v) is 4.36. The number of nitrogens with one attached hydrogen (secondary N) is 1. The van der Waals surface area contributed by atoms with Crippen LogP contribution in [0.3, 0.4) is 0 Å². The summed E-state index contributed by atoms with van der Waals surface area (Å²) >= 11 is 0. The van der Waals surface area contributed by atoms with E-state index in [4.69, 9.17) is 9.84 Å². The fraction of sp³-hybridized carbons (Fsp3) is 0.346. The lowest BCUT2D eigenvalue weighted by Crippen LogP contribution is -2.54. The van der Waals surface area contributed by atoms with Crippen molar-refractivity contribution in [3.63, 3.8) is 0 Å². The normalized spacial score (nSPS) is 16.2. The number of carbonyl (C=O) groups excluding carboxylic acids is 1. The summed E-state index contributed by atoms with van der Waals surface area (Å²) in [5.74, 6) is 2.07. The lowest BCUT2D eigenvalue weighted by molar-refractivity contribution is 0.0218. The van der Waals surface area contributed by atoms with E-state index in [0.717, 1.165) is 22.4 Å². The first kappa shape index (κ1) is 24.3. The molecule has 4 aromatic rings. The Bertz CT molecular complexity index is 1420. The Labute approximate surface area is 214 Å². The second-order valence-electron chi connectivity index (χ2n) is 10.0. The smallest absolute Gasteiger partial charge is 0.410 e. The quantitative estimate of drug-likeness (QED) is 0.425. The number of fused-ring (bicyclic) bond motifs is 1. The molecule has 0 saturated carbocycles. The second-order valence-corrected chi connectivity index (χ2v) is 10.0. The first-order valence-electron chi connectivity index (χ1n) is 12.1. The third-order valence-electron chi connectivity index (χ3n) is 6.02. The van der Waals surface area contributed by atoms with Crippen LogP contribution in [0, 0.1) is 0 Å². The number of amides is 1. The number of hydrogen-bond acceptors (Lipinski definition) is 9. The van der Waals surface area contributed by atoms with Gasteiger partial charge in [-0.25, -0.2) is 19.4 Å². The van der Waals surface area contributed by atoms with Crippen molar-refractivity contribution in [2.75, 3.05) is 29.9 Å². The highest BCUT2D eigenvalue weighted by Crippen LogP contribution is 2.31. The summed E-state index contributed by atoms with van der Waals surface area (Å²) < 4.78 is 7.31. The predicted octanol–water partition coefficient (Wildman–Crippen LogP) is 4.11. The van der Waals surface area contributed by atoms with Crippen molar-refractivity contribution < 1.29 is 14.6 Å². The number of pyridine rings is 1. The first-order chi connectivity index (χ1) is 17.7. The molecule has 1 aliphatic heterocycles. The van der Waals surface area contributed by atoms with E-state index in [1.807, 2.05) is 39.0 Å². The van der Waals surface area contributed by atoms with Crippen LogP contribution in [0.15, 0.2) is 55.1 Å². The maximum Gasteiger partial charge on any atom is 0.410 e. The fourth-order valence-electron chi connectivity index (χ4n) is 4.36. The number of hydrogen-bond donors (Lipinski definition) is 2. The van der Waals surface area contributed by atoms with Crippen molar-refractivity contribution in [1.29, 1.82) is 0 Å². The lowest BCUT2D eigenvalue weighted by Gasteiger charge is -2.40. The average molecular weight is 503 g/mol. The Hall–Kier alpha value is -4.41. The minimum Gasteiger partial charge on any atom is -0.508 e. The number of aromatic nitrogens is 5. The molecule has 1 fully saturated rings. The summed E-state index contributed by atoms with van der Waals surface area (Å²) in [7, 11) is 0. The van der Waals surface area contributed by atoms with Gasteiger partial charge in [0.1, 0.15) is 23.0 Å². The summed E-state index contributed by atoms with van der Waals surface area (Å²) in [5, 5.41) is 19.0. The molecule has 11 nitrogen and oxygen atoms in total. The van der Waals surface area contributed by atoms with Gasteiger partial charge in [-0.15, -0.1) is 5.10 Å². The van der Waals surface area contributed by atoms with Crippen LogP contribution in [0.25, 0.3) is 16.6 Å². The summed E-state index contributed by atoms with van der Waals surface area (Å²) in [5.41, 5.74) is 0.982. The van der Waals surface area contributed by atoms with E-state index in [-0.39, 0.29) is 17.9 Å². The molecule has 0 aliphatic carbocycles. The minimum atomic E-state index is -0.533. The second kappa shape index (κ2) is 9.57. The zero-order valence-corrected chi connectivity index (χ0v) is 21.3. The number of ether oxygens (including phenoxy) is 1. The molecule has 4 heterocycles. The molecular formula is C26H30N8O3. The molecule has 11 heteroatoms. The van der Waals surface area contributed by atoms with E-state index in [2.05, 4.69) is 32.1 Å². The van der Waals surface area contributed by atoms with Gasteiger partial charge in [-0.1, -0.05) is 0 Å². The number of phenols is 1. The summed E-state index contributed by atoms with van der Waals surface area (Å²) in [6.07, 6.45) is 6.27. The standard InChI is InChI=1S/C26H30N8O3/c1-17-16-32(25(36)37-26(2,3)4)11-12-33(17)23-13-18(7-8-29-23)34-21-14-19(35)5-6-20(21)24(31-34)30-22-15-27-9-10-28-22/h5-10,13-15,17,35H,11-12,16H2,1-4H3,(H,28,30,31)/t17-/m0/s1. The maximum absolute atomic E-state index is 12.6. The summed E-state index contributed by atoms with van der Waals surface area (Å²) in [6, 6.07) is 8.98. The van der Waals surface area contributed by atoms with Gasteiger partial charge in [-0.3, -0.25) is 4.98 Å². The molecular weight excluding hydrogens is 472 g/mol. The van der Waals surface area contributed by atoms with Crippen LogP contribution < -0.4 is 10.2 Å². The molecule has 1 aromatic carbocycles. The van der Waals surface area contributed by atoms with Gasteiger partial charge in [0.05, 0.1) is 17.4 Å². The van der Waals surface area contributed by atoms with Crippen LogP contribution in [-0.4, -0.2) is 72.1 Å². The number of phenolic OH excluding ortho intramolecular Hbond substituents is 1. The van der Waals surface area contributed by atoms with Crippen molar-refractivity contribution >= 4 is 34.4 Å². The minimum absolute atomic E-state index is 0.0383. The third-order valence-corrected chi connectivity index (χ3v) is 6.02. The van der Waals surface area contributed by atoms with Crippen LogP contribution in [0.2, 0.25) is 0 Å². The van der Waals surface area contributed by atoms with E-state index >= 15 is 0 Å². The Morgan fingerprint density at radius 3 is 2.68 bits per heavy atom. The highest BCUT2D eigenvalue weighted by molar-refractivity contribution is 5.93. The molecule has 5 rings (SSSR count). The van der Waals surface area contributed by atoms with Gasteiger partial charge in [-0.05, 0) is 45.9 Å². The highest BCUT2D eigenvalue weighted by atomic mass is 16.6. The van der Waals surface area contributed by atoms with E-state index in [1.54, 1.807) is 46.5 Å². The molecule has 2 N–H and O–H groups in total. The number of rotatable bonds is 4. The monoisotopic (exact) mass is 502 g/mol.